The van der Waals surface area contributed by atoms with Gasteiger partial charge in [-0.2, -0.15) is 18.2 Å². The molecule has 0 spiro atoms. The first-order valence-electron chi connectivity index (χ1n) is 6.30. The van der Waals surface area contributed by atoms with Crippen molar-refractivity contribution in [1.29, 1.82) is 0 Å². The van der Waals surface area contributed by atoms with E-state index in [4.69, 9.17) is 11.6 Å². The quantitative estimate of drug-likeness (QED) is 0.469. The summed E-state index contributed by atoms with van der Waals surface area (Å²) >= 11 is 5.72. The zero-order valence-corrected chi connectivity index (χ0v) is 15.3. The molecule has 4 heterocycles. The standard InChI is InChI=1S/C9H7N2.C7H5ClN2.Y/c1-2-8-3-5-11-6-4-10-9(11)7-8;8-6-1-3-10-4-2-9-7(10)5-6;/h3-7H,1H2;1-5H;/q-1;;. The van der Waals surface area contributed by atoms with Crippen LogP contribution in [0.1, 0.15) is 5.56 Å². The van der Waals surface area contributed by atoms with E-state index in [2.05, 4.69) is 22.6 Å². The summed E-state index contributed by atoms with van der Waals surface area (Å²) in [4.78, 5) is 8.18. The number of pyridine rings is 2. The van der Waals surface area contributed by atoms with Gasteiger partial charge < -0.3 is 8.80 Å². The van der Waals surface area contributed by atoms with Crippen LogP contribution in [0, 0.1) is 6.08 Å². The topological polar surface area (TPSA) is 34.6 Å². The normalized spacial score (nSPS) is 9.86. The van der Waals surface area contributed by atoms with Gasteiger partial charge in [-0.15, -0.1) is 12.1 Å². The number of hydrogen-bond acceptors (Lipinski definition) is 2. The van der Waals surface area contributed by atoms with E-state index in [1.54, 1.807) is 12.4 Å². The van der Waals surface area contributed by atoms with Crippen LogP contribution in [0.4, 0.5) is 0 Å². The van der Waals surface area contributed by atoms with Gasteiger partial charge in [-0.25, -0.2) is 4.98 Å². The first kappa shape index (κ1) is 16.9. The molecule has 0 amide bonds. The first-order valence-corrected chi connectivity index (χ1v) is 6.68. The zero-order valence-electron chi connectivity index (χ0n) is 11.7. The maximum Gasteiger partial charge on any atom is 0.138 e. The van der Waals surface area contributed by atoms with E-state index >= 15 is 0 Å². The number of hydrogen-bond donors (Lipinski definition) is 0. The summed E-state index contributed by atoms with van der Waals surface area (Å²) in [6.07, 6.45) is 13.9. The number of fused-ring (bicyclic) bond motifs is 2. The molecular formula is C16H12ClN4Y-. The summed E-state index contributed by atoms with van der Waals surface area (Å²) in [6, 6.07) is 7.53. The summed E-state index contributed by atoms with van der Waals surface area (Å²) < 4.78 is 3.85. The van der Waals surface area contributed by atoms with Crippen molar-refractivity contribution in [3.8, 4) is 0 Å². The average Bonchev–Trinajstić information content (AvgIpc) is 3.15. The molecule has 4 aromatic heterocycles. The average molecular weight is 385 g/mol. The van der Waals surface area contributed by atoms with Crippen LogP contribution in [0.25, 0.3) is 11.3 Å². The van der Waals surface area contributed by atoms with Crippen LogP contribution < -0.4 is 0 Å². The van der Waals surface area contributed by atoms with Gasteiger partial charge in [0.15, 0.2) is 0 Å². The summed E-state index contributed by atoms with van der Waals surface area (Å²) in [5.41, 5.74) is 2.79. The van der Waals surface area contributed by atoms with Gasteiger partial charge in [0.25, 0.3) is 0 Å². The van der Waals surface area contributed by atoms with Crippen molar-refractivity contribution >= 4 is 22.9 Å². The van der Waals surface area contributed by atoms with E-state index in [9.17, 15) is 0 Å². The van der Waals surface area contributed by atoms with E-state index in [-0.39, 0.29) is 32.7 Å². The Bertz CT molecular complexity index is 897. The van der Waals surface area contributed by atoms with E-state index < -0.39 is 0 Å². The van der Waals surface area contributed by atoms with Crippen molar-refractivity contribution in [3.63, 3.8) is 0 Å². The van der Waals surface area contributed by atoms with Crippen LogP contribution in [0.5, 0.6) is 0 Å². The molecule has 0 aliphatic heterocycles. The van der Waals surface area contributed by atoms with E-state index in [1.165, 1.54) is 0 Å². The maximum atomic E-state index is 5.72. The van der Waals surface area contributed by atoms with Crippen molar-refractivity contribution in [2.24, 2.45) is 0 Å². The van der Waals surface area contributed by atoms with Crippen LogP contribution in [0.2, 0.25) is 5.02 Å². The van der Waals surface area contributed by atoms with Crippen LogP contribution in [0.15, 0.2) is 68.0 Å². The molecule has 0 aliphatic carbocycles. The second kappa shape index (κ2) is 7.68. The molecule has 0 atom stereocenters. The molecule has 6 heteroatoms. The zero-order chi connectivity index (χ0) is 14.7. The second-order valence-electron chi connectivity index (χ2n) is 4.32. The minimum absolute atomic E-state index is 0. The van der Waals surface area contributed by atoms with Crippen LogP contribution in [0.3, 0.4) is 0 Å². The number of nitrogens with zero attached hydrogens (tertiary/aromatic N) is 4. The molecule has 0 fully saturated rings. The number of imidazole rings is 2. The van der Waals surface area contributed by atoms with Crippen molar-refractivity contribution in [2.45, 2.75) is 0 Å². The van der Waals surface area contributed by atoms with Gasteiger partial charge in [-0.3, -0.25) is 4.98 Å². The molecule has 0 N–H and O–H groups in total. The van der Waals surface area contributed by atoms with E-state index in [0.29, 0.717) is 0 Å². The van der Waals surface area contributed by atoms with Crippen molar-refractivity contribution in [3.05, 3.63) is 84.7 Å². The fourth-order valence-electron chi connectivity index (χ4n) is 1.91. The Hall–Kier alpha value is -1.49. The monoisotopic (exact) mass is 384 g/mol. The smallest absolute Gasteiger partial charge is 0.138 e. The molecule has 4 nitrogen and oxygen atoms in total. The third-order valence-corrected chi connectivity index (χ3v) is 3.20. The third kappa shape index (κ3) is 3.83. The molecule has 0 saturated carbocycles. The fraction of sp³-hybridized carbons (Fsp3) is 0. The molecule has 0 saturated heterocycles. The molecule has 4 rings (SSSR count). The predicted molar refractivity (Wildman–Crippen MR) is 83.4 cm³/mol. The number of rotatable bonds is 1. The van der Waals surface area contributed by atoms with Gasteiger partial charge in [-0.05, 0) is 18.3 Å². The molecule has 0 aliphatic rings. The molecule has 22 heavy (non-hydrogen) atoms. The molecule has 107 valence electrons. The number of halogens is 1. The molecular weight excluding hydrogens is 373 g/mol. The van der Waals surface area contributed by atoms with Gasteiger partial charge in [0.1, 0.15) is 5.65 Å². The fourth-order valence-corrected chi connectivity index (χ4v) is 2.06. The van der Waals surface area contributed by atoms with Gasteiger partial charge in [0.05, 0.1) is 5.65 Å². The Balaban J connectivity index is 0.000000154. The third-order valence-electron chi connectivity index (χ3n) is 2.96. The Kier molecular flexibility index (Phi) is 5.89. The number of aromatic nitrogens is 4. The predicted octanol–water partition coefficient (Wildman–Crippen LogP) is 3.66. The van der Waals surface area contributed by atoms with E-state index in [0.717, 1.165) is 21.9 Å². The van der Waals surface area contributed by atoms with Crippen molar-refractivity contribution in [2.75, 3.05) is 0 Å². The summed E-state index contributed by atoms with van der Waals surface area (Å²) in [6.45, 7) is 3.56. The molecule has 1 radical (unpaired) electrons. The summed E-state index contributed by atoms with van der Waals surface area (Å²) in [5.74, 6) is 0. The second-order valence-corrected chi connectivity index (χ2v) is 4.76. The molecule has 0 aromatic carbocycles. The Morgan fingerprint density at radius 2 is 1.50 bits per heavy atom. The summed E-state index contributed by atoms with van der Waals surface area (Å²) in [5, 5.41) is 0.721. The van der Waals surface area contributed by atoms with E-state index in [1.807, 2.05) is 57.9 Å². The van der Waals surface area contributed by atoms with Crippen molar-refractivity contribution in [1.82, 2.24) is 18.8 Å². The minimum Gasteiger partial charge on any atom is -0.329 e. The Morgan fingerprint density at radius 3 is 2.14 bits per heavy atom. The van der Waals surface area contributed by atoms with Gasteiger partial charge >= 0.3 is 0 Å². The van der Waals surface area contributed by atoms with Crippen LogP contribution in [-0.2, 0) is 32.7 Å². The van der Waals surface area contributed by atoms with Crippen LogP contribution in [-0.4, -0.2) is 18.8 Å². The SMILES string of the molecule is C=[C-]c1ccn2ccnc2c1.Clc1ccn2ccnc2c1.[Y]. The van der Waals surface area contributed by atoms with Gasteiger partial charge in [0, 0.05) is 68.7 Å². The summed E-state index contributed by atoms with van der Waals surface area (Å²) in [7, 11) is 0. The maximum absolute atomic E-state index is 5.72. The largest absolute Gasteiger partial charge is 0.329 e. The molecule has 0 bridgehead atoms. The molecule has 0 unspecified atom stereocenters. The molecule has 4 aromatic rings. The minimum atomic E-state index is 0. The van der Waals surface area contributed by atoms with Crippen molar-refractivity contribution < 1.29 is 32.7 Å². The Morgan fingerprint density at radius 1 is 0.909 bits per heavy atom. The first-order chi connectivity index (χ1) is 10.3. The van der Waals surface area contributed by atoms with Gasteiger partial charge in [0.2, 0.25) is 0 Å². The Labute approximate surface area is 158 Å². The van der Waals surface area contributed by atoms with Crippen LogP contribution >= 0.6 is 11.6 Å². The van der Waals surface area contributed by atoms with Gasteiger partial charge in [-0.1, -0.05) is 11.6 Å².